The molecule has 9 nitrogen and oxygen atoms in total. The van der Waals surface area contributed by atoms with E-state index in [1.807, 2.05) is 12.3 Å². The Hall–Kier alpha value is -3.20. The van der Waals surface area contributed by atoms with Crippen molar-refractivity contribution in [3.63, 3.8) is 0 Å². The maximum atomic E-state index is 12.8. The summed E-state index contributed by atoms with van der Waals surface area (Å²) in [6, 6.07) is 5.80. The molecule has 0 aromatic carbocycles. The summed E-state index contributed by atoms with van der Waals surface area (Å²) in [6.07, 6.45) is 7.76. The number of piperazine rings is 1. The van der Waals surface area contributed by atoms with Gasteiger partial charge in [-0.05, 0) is 44.9 Å². The monoisotopic (exact) mass is 434 g/mol. The van der Waals surface area contributed by atoms with Crippen molar-refractivity contribution in [1.82, 2.24) is 24.8 Å². The van der Waals surface area contributed by atoms with E-state index in [-0.39, 0.29) is 22.8 Å². The van der Waals surface area contributed by atoms with E-state index in [2.05, 4.69) is 50.4 Å². The smallest absolute Gasteiger partial charge is 0.275 e. The zero-order valence-corrected chi connectivity index (χ0v) is 18.6. The number of nitrogens with zero attached hydrogens (tertiary/aromatic N) is 5. The number of nitrogen functional groups attached to an aromatic ring is 1. The summed E-state index contributed by atoms with van der Waals surface area (Å²) in [5.41, 5.74) is 7.84. The number of hydrogen-bond acceptors (Lipinski definition) is 8. The molecule has 2 aliphatic rings. The quantitative estimate of drug-likeness (QED) is 0.574. The Kier molecular flexibility index (Phi) is 5.21. The van der Waals surface area contributed by atoms with Crippen LogP contribution in [-0.4, -0.2) is 44.7 Å². The fraction of sp³-hybridized carbons (Fsp3) is 0.478. The maximum Gasteiger partial charge on any atom is 0.275 e. The second kappa shape index (κ2) is 8.05. The van der Waals surface area contributed by atoms with Gasteiger partial charge < -0.3 is 21.3 Å². The molecule has 0 atom stereocenters. The molecule has 4 N–H and O–H groups in total. The minimum Gasteiger partial charge on any atom is -0.394 e. The van der Waals surface area contributed by atoms with Gasteiger partial charge in [0.05, 0.1) is 17.6 Å². The van der Waals surface area contributed by atoms with E-state index in [1.54, 1.807) is 16.8 Å². The predicted octanol–water partition coefficient (Wildman–Crippen LogP) is 2.82. The SMILES string of the molecule is CC1(C)CN(c2ccc(Nc3ncc4cc(N)c(=O)n(C5CCCC5)c4n3)nc2)CCN1. The first-order valence-corrected chi connectivity index (χ1v) is 11.3. The van der Waals surface area contributed by atoms with E-state index < -0.39 is 0 Å². The van der Waals surface area contributed by atoms with Gasteiger partial charge in [0.1, 0.15) is 11.5 Å². The number of aromatic nitrogens is 4. The molecule has 168 valence electrons. The second-order valence-electron chi connectivity index (χ2n) is 9.44. The number of nitrogens with one attached hydrogen (secondary N) is 2. The van der Waals surface area contributed by atoms with Crippen LogP contribution in [0, 0.1) is 0 Å². The summed E-state index contributed by atoms with van der Waals surface area (Å²) in [5, 5.41) is 7.48. The Morgan fingerprint density at radius 1 is 1.19 bits per heavy atom. The highest BCUT2D eigenvalue weighted by Crippen LogP contribution is 2.31. The molecule has 5 rings (SSSR count). The van der Waals surface area contributed by atoms with E-state index in [1.165, 1.54) is 0 Å². The molecule has 1 aliphatic heterocycles. The van der Waals surface area contributed by atoms with Crippen LogP contribution >= 0.6 is 0 Å². The van der Waals surface area contributed by atoms with Gasteiger partial charge in [0.25, 0.3) is 5.56 Å². The van der Waals surface area contributed by atoms with Crippen molar-refractivity contribution < 1.29 is 0 Å². The number of anilines is 4. The molecule has 0 amide bonds. The normalized spacial score (nSPS) is 18.9. The number of nitrogens with two attached hydrogens (primary N) is 1. The van der Waals surface area contributed by atoms with Crippen LogP contribution in [0.1, 0.15) is 45.6 Å². The molecular formula is C23H30N8O. The van der Waals surface area contributed by atoms with Crippen LogP contribution in [0.2, 0.25) is 0 Å². The first-order chi connectivity index (χ1) is 15.4. The highest BCUT2D eigenvalue weighted by molar-refractivity contribution is 5.79. The van der Waals surface area contributed by atoms with Gasteiger partial charge in [0.15, 0.2) is 0 Å². The van der Waals surface area contributed by atoms with Gasteiger partial charge in [-0.2, -0.15) is 4.98 Å². The van der Waals surface area contributed by atoms with Gasteiger partial charge in [-0.3, -0.25) is 9.36 Å². The molecule has 1 saturated carbocycles. The predicted molar refractivity (Wildman–Crippen MR) is 128 cm³/mol. The van der Waals surface area contributed by atoms with E-state index in [0.29, 0.717) is 17.4 Å². The summed E-state index contributed by atoms with van der Waals surface area (Å²) < 4.78 is 1.76. The lowest BCUT2D eigenvalue weighted by Crippen LogP contribution is -2.57. The fourth-order valence-corrected chi connectivity index (χ4v) is 4.83. The molecule has 1 saturated heterocycles. The third-order valence-electron chi connectivity index (χ3n) is 6.42. The average molecular weight is 435 g/mol. The van der Waals surface area contributed by atoms with Crippen LogP contribution in [-0.2, 0) is 0 Å². The third-order valence-corrected chi connectivity index (χ3v) is 6.42. The second-order valence-corrected chi connectivity index (χ2v) is 9.44. The van der Waals surface area contributed by atoms with Gasteiger partial charge in [0.2, 0.25) is 5.95 Å². The van der Waals surface area contributed by atoms with Crippen molar-refractivity contribution in [2.45, 2.75) is 51.1 Å². The highest BCUT2D eigenvalue weighted by atomic mass is 16.1. The Bertz CT molecular complexity index is 1180. The summed E-state index contributed by atoms with van der Waals surface area (Å²) in [5.74, 6) is 1.07. The molecule has 3 aromatic heterocycles. The summed E-state index contributed by atoms with van der Waals surface area (Å²) >= 11 is 0. The van der Waals surface area contributed by atoms with Crippen molar-refractivity contribution in [2.24, 2.45) is 0 Å². The lowest BCUT2D eigenvalue weighted by Gasteiger charge is -2.40. The van der Waals surface area contributed by atoms with Crippen molar-refractivity contribution in [2.75, 3.05) is 35.6 Å². The van der Waals surface area contributed by atoms with E-state index in [4.69, 9.17) is 5.73 Å². The minimum absolute atomic E-state index is 0.0760. The van der Waals surface area contributed by atoms with Crippen LogP contribution < -0.4 is 26.8 Å². The molecule has 0 radical (unpaired) electrons. The fourth-order valence-electron chi connectivity index (χ4n) is 4.83. The lowest BCUT2D eigenvalue weighted by molar-refractivity contribution is 0.353. The first-order valence-electron chi connectivity index (χ1n) is 11.3. The highest BCUT2D eigenvalue weighted by Gasteiger charge is 2.26. The Balaban J connectivity index is 1.41. The molecule has 0 spiro atoms. The van der Waals surface area contributed by atoms with Gasteiger partial charge in [-0.15, -0.1) is 0 Å². The summed E-state index contributed by atoms with van der Waals surface area (Å²) in [4.78, 5) is 28.8. The molecule has 0 bridgehead atoms. The molecule has 9 heteroatoms. The molecule has 4 heterocycles. The average Bonchev–Trinajstić information content (AvgIpc) is 3.29. The van der Waals surface area contributed by atoms with Crippen molar-refractivity contribution in [3.05, 3.63) is 40.9 Å². The number of rotatable bonds is 4. The van der Waals surface area contributed by atoms with E-state index in [0.717, 1.165) is 56.4 Å². The van der Waals surface area contributed by atoms with E-state index >= 15 is 0 Å². The molecule has 32 heavy (non-hydrogen) atoms. The van der Waals surface area contributed by atoms with Crippen LogP contribution in [0.25, 0.3) is 11.0 Å². The molecular weight excluding hydrogens is 404 g/mol. The largest absolute Gasteiger partial charge is 0.394 e. The zero-order valence-electron chi connectivity index (χ0n) is 18.6. The molecule has 1 aliphatic carbocycles. The van der Waals surface area contributed by atoms with Gasteiger partial charge >= 0.3 is 0 Å². The van der Waals surface area contributed by atoms with Crippen LogP contribution in [0.4, 0.5) is 23.1 Å². The Morgan fingerprint density at radius 2 is 2.00 bits per heavy atom. The summed E-state index contributed by atoms with van der Waals surface area (Å²) in [6.45, 7) is 7.24. The van der Waals surface area contributed by atoms with Crippen molar-refractivity contribution >= 4 is 34.2 Å². The Labute approximate surface area is 187 Å². The summed E-state index contributed by atoms with van der Waals surface area (Å²) in [7, 11) is 0. The molecule has 2 fully saturated rings. The van der Waals surface area contributed by atoms with Crippen molar-refractivity contribution in [1.29, 1.82) is 0 Å². The molecule has 0 unspecified atom stereocenters. The standard InChI is InChI=1S/C23H30N8O/c1-23(2)14-30(10-9-27-23)17-7-8-19(25-13-17)28-22-26-12-15-11-18(24)21(32)31(20(15)29-22)16-5-3-4-6-16/h7-8,11-13,16,27H,3-6,9-10,14,24H2,1-2H3,(H,25,26,28,29). The van der Waals surface area contributed by atoms with Gasteiger partial charge in [0, 0.05) is 42.8 Å². The number of fused-ring (bicyclic) bond motifs is 1. The number of pyridine rings is 2. The number of hydrogen-bond donors (Lipinski definition) is 3. The third kappa shape index (κ3) is 4.00. The van der Waals surface area contributed by atoms with E-state index in [9.17, 15) is 4.79 Å². The lowest BCUT2D eigenvalue weighted by atomic mass is 10.0. The van der Waals surface area contributed by atoms with Gasteiger partial charge in [-0.25, -0.2) is 9.97 Å². The van der Waals surface area contributed by atoms with Crippen molar-refractivity contribution in [3.8, 4) is 0 Å². The zero-order chi connectivity index (χ0) is 22.3. The molecule has 3 aromatic rings. The minimum atomic E-state index is -0.171. The van der Waals surface area contributed by atoms with Crippen LogP contribution in [0.5, 0.6) is 0 Å². The Morgan fingerprint density at radius 3 is 2.72 bits per heavy atom. The van der Waals surface area contributed by atoms with Crippen LogP contribution in [0.15, 0.2) is 35.4 Å². The topological polar surface area (TPSA) is 114 Å². The maximum absolute atomic E-state index is 12.8. The first kappa shape index (κ1) is 20.7. The van der Waals surface area contributed by atoms with Crippen LogP contribution in [0.3, 0.4) is 0 Å². The van der Waals surface area contributed by atoms with Gasteiger partial charge in [-0.1, -0.05) is 12.8 Å².